The van der Waals surface area contributed by atoms with Gasteiger partial charge in [-0.2, -0.15) is 33.7 Å². The molecule has 0 aliphatic rings. The smallest absolute Gasteiger partial charge is 0.264 e. The van der Waals surface area contributed by atoms with E-state index in [-0.39, 0.29) is 0 Å². The second kappa shape index (κ2) is 8.35. The summed E-state index contributed by atoms with van der Waals surface area (Å²) in [5, 5.41) is 0. The molecule has 2 atom stereocenters. The SMILES string of the molecule is CS(=O)(=O)OC[C@H](OS(C)(=O)=O)[C@@H](COS(C)(=O)=O)OS(C)(=O)=O. The molecule has 0 aromatic heterocycles. The van der Waals surface area contributed by atoms with Gasteiger partial charge in [-0.1, -0.05) is 0 Å². The molecule has 0 amide bonds. The van der Waals surface area contributed by atoms with Crippen LogP contribution < -0.4 is 0 Å². The maximum Gasteiger partial charge on any atom is 0.264 e. The van der Waals surface area contributed by atoms with E-state index in [0.717, 1.165) is 0 Å². The molecule has 0 radical (unpaired) electrons. The van der Waals surface area contributed by atoms with Gasteiger partial charge >= 0.3 is 0 Å². The Hall–Kier alpha value is -0.360. The van der Waals surface area contributed by atoms with Crippen LogP contribution in [0.25, 0.3) is 0 Å². The topological polar surface area (TPSA) is 173 Å². The first-order valence-electron chi connectivity index (χ1n) is 5.83. The standard InChI is InChI=1S/C8H18O12S4/c1-21(9,10)17-5-7(19-23(3,13)14)8(20-24(4,15)16)6-18-22(2,11)12/h7-8H,5-6H2,1-4H3/t7-,8+. The van der Waals surface area contributed by atoms with Crippen LogP contribution in [0.1, 0.15) is 0 Å². The van der Waals surface area contributed by atoms with Crippen molar-refractivity contribution >= 4 is 40.5 Å². The molecule has 0 spiro atoms. The Balaban J connectivity index is 5.57. The van der Waals surface area contributed by atoms with Crippen molar-refractivity contribution < 1.29 is 50.4 Å². The van der Waals surface area contributed by atoms with Crippen LogP contribution in [-0.2, 0) is 57.2 Å². The fraction of sp³-hybridized carbons (Fsp3) is 1.00. The fourth-order valence-electron chi connectivity index (χ4n) is 1.22. The number of hydrogen-bond acceptors (Lipinski definition) is 12. The van der Waals surface area contributed by atoms with E-state index in [1.54, 1.807) is 0 Å². The van der Waals surface area contributed by atoms with Crippen molar-refractivity contribution in [2.24, 2.45) is 0 Å². The van der Waals surface area contributed by atoms with Gasteiger partial charge < -0.3 is 0 Å². The zero-order chi connectivity index (χ0) is 19.4. The average Bonchev–Trinajstić information content (AvgIpc) is 2.25. The van der Waals surface area contributed by atoms with Crippen LogP contribution in [-0.4, -0.2) is 84.1 Å². The zero-order valence-corrected chi connectivity index (χ0v) is 16.4. The maximum absolute atomic E-state index is 11.2. The molecule has 0 aromatic rings. The molecule has 0 rings (SSSR count). The first kappa shape index (κ1) is 23.6. The van der Waals surface area contributed by atoms with Gasteiger partial charge in [0.2, 0.25) is 0 Å². The number of hydrogen-bond donors (Lipinski definition) is 0. The Morgan fingerprint density at radius 1 is 0.542 bits per heavy atom. The van der Waals surface area contributed by atoms with Crippen LogP contribution in [0.5, 0.6) is 0 Å². The Labute approximate surface area is 141 Å². The van der Waals surface area contributed by atoms with Crippen LogP contribution >= 0.6 is 0 Å². The molecule has 0 fully saturated rings. The Bertz CT molecular complexity index is 747. The predicted octanol–water partition coefficient (Wildman–Crippen LogP) is -2.37. The second-order valence-corrected chi connectivity index (χ2v) is 11.1. The quantitative estimate of drug-likeness (QED) is 0.317. The van der Waals surface area contributed by atoms with E-state index in [9.17, 15) is 33.7 Å². The van der Waals surface area contributed by atoms with Gasteiger partial charge in [0.15, 0.2) is 0 Å². The van der Waals surface area contributed by atoms with Gasteiger partial charge in [0, 0.05) is 0 Å². The highest BCUT2D eigenvalue weighted by molar-refractivity contribution is 7.86. The molecule has 0 aliphatic heterocycles. The summed E-state index contributed by atoms with van der Waals surface area (Å²) < 4.78 is 107. The van der Waals surface area contributed by atoms with E-state index in [2.05, 4.69) is 16.7 Å². The van der Waals surface area contributed by atoms with Gasteiger partial charge in [0.05, 0.1) is 38.2 Å². The largest absolute Gasteiger partial charge is 0.267 e. The van der Waals surface area contributed by atoms with E-state index in [0.29, 0.717) is 25.0 Å². The van der Waals surface area contributed by atoms with Gasteiger partial charge in [-0.25, -0.2) is 0 Å². The minimum atomic E-state index is -4.20. The van der Waals surface area contributed by atoms with Crippen molar-refractivity contribution in [2.45, 2.75) is 12.2 Å². The molecular formula is C8H18O12S4. The summed E-state index contributed by atoms with van der Waals surface area (Å²) in [6, 6.07) is 0. The van der Waals surface area contributed by atoms with Crippen molar-refractivity contribution in [1.29, 1.82) is 0 Å². The molecular weight excluding hydrogens is 416 g/mol. The van der Waals surface area contributed by atoms with E-state index in [4.69, 9.17) is 0 Å². The summed E-state index contributed by atoms with van der Waals surface area (Å²) in [5.74, 6) is 0. The second-order valence-electron chi connectivity index (χ2n) is 4.65. The molecule has 0 saturated heterocycles. The molecule has 0 heterocycles. The van der Waals surface area contributed by atoms with E-state index < -0.39 is 65.9 Å². The molecule has 146 valence electrons. The first-order valence-corrected chi connectivity index (χ1v) is 13.1. The van der Waals surface area contributed by atoms with Crippen molar-refractivity contribution in [2.75, 3.05) is 38.2 Å². The molecule has 16 heteroatoms. The summed E-state index contributed by atoms with van der Waals surface area (Å²) >= 11 is 0. The maximum atomic E-state index is 11.2. The van der Waals surface area contributed by atoms with E-state index in [1.165, 1.54) is 0 Å². The third-order valence-electron chi connectivity index (χ3n) is 1.90. The Morgan fingerprint density at radius 2 is 0.792 bits per heavy atom. The third-order valence-corrected chi connectivity index (χ3v) is 4.23. The lowest BCUT2D eigenvalue weighted by atomic mass is 10.2. The Kier molecular flexibility index (Phi) is 8.22. The lowest BCUT2D eigenvalue weighted by molar-refractivity contribution is 0.00956. The van der Waals surface area contributed by atoms with E-state index >= 15 is 0 Å². The van der Waals surface area contributed by atoms with Crippen LogP contribution in [0.2, 0.25) is 0 Å². The van der Waals surface area contributed by atoms with E-state index in [1.807, 2.05) is 0 Å². The van der Waals surface area contributed by atoms with Crippen molar-refractivity contribution in [1.82, 2.24) is 0 Å². The lowest BCUT2D eigenvalue weighted by Crippen LogP contribution is -2.42. The first-order chi connectivity index (χ1) is 10.4. The monoisotopic (exact) mass is 434 g/mol. The van der Waals surface area contributed by atoms with Crippen LogP contribution in [0.4, 0.5) is 0 Å². The Morgan fingerprint density at radius 3 is 0.958 bits per heavy atom. The van der Waals surface area contributed by atoms with Crippen LogP contribution in [0.15, 0.2) is 0 Å². The summed E-state index contributed by atoms with van der Waals surface area (Å²) in [6.45, 7) is -1.92. The molecule has 0 N–H and O–H groups in total. The van der Waals surface area contributed by atoms with Gasteiger partial charge in [-0.3, -0.25) is 16.7 Å². The van der Waals surface area contributed by atoms with Gasteiger partial charge in [-0.05, 0) is 0 Å². The number of rotatable bonds is 11. The van der Waals surface area contributed by atoms with Crippen LogP contribution in [0.3, 0.4) is 0 Å². The summed E-state index contributed by atoms with van der Waals surface area (Å²) in [6.07, 6.45) is -1.10. The normalized spacial score (nSPS) is 16.7. The minimum absolute atomic E-state index is 0.607. The summed E-state index contributed by atoms with van der Waals surface area (Å²) in [7, 11) is -16.5. The summed E-state index contributed by atoms with van der Waals surface area (Å²) in [5.41, 5.74) is 0. The average molecular weight is 434 g/mol. The zero-order valence-electron chi connectivity index (χ0n) is 13.1. The minimum Gasteiger partial charge on any atom is -0.267 e. The molecule has 12 nitrogen and oxygen atoms in total. The van der Waals surface area contributed by atoms with Crippen molar-refractivity contribution in [3.8, 4) is 0 Å². The highest BCUT2D eigenvalue weighted by Gasteiger charge is 2.32. The molecule has 0 saturated carbocycles. The highest BCUT2D eigenvalue weighted by atomic mass is 32.2. The predicted molar refractivity (Wildman–Crippen MR) is 81.0 cm³/mol. The fourth-order valence-corrected chi connectivity index (χ4v) is 3.24. The summed E-state index contributed by atoms with van der Waals surface area (Å²) in [4.78, 5) is 0. The van der Waals surface area contributed by atoms with Gasteiger partial charge in [-0.15, -0.1) is 0 Å². The molecule has 24 heavy (non-hydrogen) atoms. The lowest BCUT2D eigenvalue weighted by Gasteiger charge is -2.24. The molecule has 0 aromatic carbocycles. The molecule has 0 aliphatic carbocycles. The highest BCUT2D eigenvalue weighted by Crippen LogP contribution is 2.13. The van der Waals surface area contributed by atoms with Gasteiger partial charge in [0.1, 0.15) is 12.2 Å². The van der Waals surface area contributed by atoms with Crippen molar-refractivity contribution in [3.63, 3.8) is 0 Å². The third kappa shape index (κ3) is 14.0. The van der Waals surface area contributed by atoms with Gasteiger partial charge in [0.25, 0.3) is 40.5 Å². The molecule has 0 bridgehead atoms. The van der Waals surface area contributed by atoms with Crippen molar-refractivity contribution in [3.05, 3.63) is 0 Å². The molecule has 0 unspecified atom stereocenters. The van der Waals surface area contributed by atoms with Crippen LogP contribution in [0, 0.1) is 0 Å².